The molecule has 1 atom stereocenters. The summed E-state index contributed by atoms with van der Waals surface area (Å²) in [6, 6.07) is 5.40. The Labute approximate surface area is 166 Å². The third-order valence-corrected chi connectivity index (χ3v) is 6.08. The minimum Gasteiger partial charge on any atom is -0.449 e. The number of hydrogen-bond acceptors (Lipinski definition) is 5. The number of hydrogen-bond donors (Lipinski definition) is 2. The summed E-state index contributed by atoms with van der Waals surface area (Å²) >= 11 is 0. The zero-order valence-electron chi connectivity index (χ0n) is 16.4. The number of ether oxygens (including phenoxy) is 1. The number of nitrogens with one attached hydrogen (secondary N) is 2. The van der Waals surface area contributed by atoms with Gasteiger partial charge >= 0.3 is 5.97 Å². The summed E-state index contributed by atoms with van der Waals surface area (Å²) in [5, 5.41) is 2.79. The molecule has 2 rings (SSSR count). The highest BCUT2D eigenvalue weighted by atomic mass is 32.2. The van der Waals surface area contributed by atoms with E-state index in [4.69, 9.17) is 4.74 Å². The molecular formula is C20H28N2O5S. The van der Waals surface area contributed by atoms with Crippen molar-refractivity contribution in [1.29, 1.82) is 0 Å². The van der Waals surface area contributed by atoms with Gasteiger partial charge in [0.2, 0.25) is 10.0 Å². The van der Waals surface area contributed by atoms with Crippen molar-refractivity contribution in [3.8, 4) is 0 Å². The minimum absolute atomic E-state index is 0.0636. The Balaban J connectivity index is 1.83. The third kappa shape index (κ3) is 6.45. The van der Waals surface area contributed by atoms with Gasteiger partial charge in [0.1, 0.15) is 0 Å². The van der Waals surface area contributed by atoms with Gasteiger partial charge in [-0.15, -0.1) is 0 Å². The molecule has 2 N–H and O–H groups in total. The summed E-state index contributed by atoms with van der Waals surface area (Å²) < 4.78 is 31.4. The van der Waals surface area contributed by atoms with Crippen molar-refractivity contribution in [1.82, 2.24) is 10.0 Å². The fourth-order valence-corrected chi connectivity index (χ4v) is 3.99. The molecule has 1 aliphatic carbocycles. The molecule has 0 radical (unpaired) electrons. The summed E-state index contributed by atoms with van der Waals surface area (Å²) in [7, 11) is -3.58. The summed E-state index contributed by atoms with van der Waals surface area (Å²) in [6.07, 6.45) is 6.73. The lowest BCUT2D eigenvalue weighted by atomic mass is 9.97. The van der Waals surface area contributed by atoms with Crippen molar-refractivity contribution in [2.45, 2.75) is 57.0 Å². The molecule has 0 bridgehead atoms. The zero-order valence-corrected chi connectivity index (χ0v) is 17.2. The maximum absolute atomic E-state index is 12.2. The highest BCUT2D eigenvalue weighted by molar-refractivity contribution is 7.89. The van der Waals surface area contributed by atoms with Crippen LogP contribution in [0.1, 0.15) is 56.3 Å². The van der Waals surface area contributed by atoms with Gasteiger partial charge in [0.15, 0.2) is 6.10 Å². The summed E-state index contributed by atoms with van der Waals surface area (Å²) in [5.41, 5.74) is 1.55. The molecule has 1 amide bonds. The highest BCUT2D eigenvalue weighted by Gasteiger charge is 2.20. The van der Waals surface area contributed by atoms with Crippen LogP contribution in [0.15, 0.2) is 40.8 Å². The molecule has 0 fully saturated rings. The van der Waals surface area contributed by atoms with Gasteiger partial charge in [-0.05, 0) is 63.3 Å². The predicted octanol–water partition coefficient (Wildman–Crippen LogP) is 2.54. The van der Waals surface area contributed by atoms with Crippen LogP contribution in [0.2, 0.25) is 0 Å². The predicted molar refractivity (Wildman–Crippen MR) is 106 cm³/mol. The lowest BCUT2D eigenvalue weighted by Crippen LogP contribution is -2.36. The van der Waals surface area contributed by atoms with Crippen molar-refractivity contribution in [3.05, 3.63) is 41.5 Å². The third-order valence-electron chi connectivity index (χ3n) is 4.52. The Morgan fingerprint density at radius 3 is 2.50 bits per heavy atom. The summed E-state index contributed by atoms with van der Waals surface area (Å²) in [6.45, 7) is 3.98. The molecule has 8 heteroatoms. The highest BCUT2D eigenvalue weighted by Crippen LogP contribution is 2.19. The molecular weight excluding hydrogens is 380 g/mol. The quantitative estimate of drug-likeness (QED) is 0.483. The Kier molecular flexibility index (Phi) is 8.19. The molecule has 0 heterocycles. The number of sulfonamides is 1. The van der Waals surface area contributed by atoms with E-state index in [1.165, 1.54) is 49.6 Å². The largest absolute Gasteiger partial charge is 0.449 e. The number of rotatable bonds is 9. The second-order valence-electron chi connectivity index (χ2n) is 6.72. The van der Waals surface area contributed by atoms with Gasteiger partial charge in [-0.1, -0.05) is 18.6 Å². The summed E-state index contributed by atoms with van der Waals surface area (Å²) in [4.78, 5) is 24.4. The van der Waals surface area contributed by atoms with Crippen LogP contribution >= 0.6 is 0 Å². The smallest absolute Gasteiger partial charge is 0.338 e. The van der Waals surface area contributed by atoms with Gasteiger partial charge in [-0.25, -0.2) is 17.9 Å². The van der Waals surface area contributed by atoms with E-state index in [2.05, 4.69) is 16.1 Å². The fourth-order valence-electron chi connectivity index (χ4n) is 2.95. The molecule has 1 aromatic carbocycles. The molecule has 154 valence electrons. The number of carbonyl (C=O) groups is 2. The number of amides is 1. The van der Waals surface area contributed by atoms with Crippen LogP contribution in [0.3, 0.4) is 0 Å². The molecule has 1 aliphatic rings. The van der Waals surface area contributed by atoms with E-state index in [0.29, 0.717) is 6.54 Å². The first-order valence-electron chi connectivity index (χ1n) is 9.60. The van der Waals surface area contributed by atoms with Gasteiger partial charge in [0.05, 0.1) is 10.5 Å². The summed E-state index contributed by atoms with van der Waals surface area (Å²) in [5.74, 6) is -1.03. The number of benzene rings is 1. The van der Waals surface area contributed by atoms with Crippen molar-refractivity contribution >= 4 is 21.9 Å². The molecule has 0 aliphatic heterocycles. The van der Waals surface area contributed by atoms with Gasteiger partial charge < -0.3 is 10.1 Å². The van der Waals surface area contributed by atoms with E-state index in [1.54, 1.807) is 6.92 Å². The van der Waals surface area contributed by atoms with Gasteiger partial charge in [0, 0.05) is 13.1 Å². The van der Waals surface area contributed by atoms with Crippen LogP contribution < -0.4 is 10.0 Å². The molecule has 0 saturated heterocycles. The van der Waals surface area contributed by atoms with Crippen LogP contribution in [0, 0.1) is 0 Å². The Hall–Kier alpha value is -2.19. The first-order chi connectivity index (χ1) is 13.3. The van der Waals surface area contributed by atoms with E-state index in [9.17, 15) is 18.0 Å². The molecule has 1 aromatic rings. The molecule has 28 heavy (non-hydrogen) atoms. The van der Waals surface area contributed by atoms with E-state index in [-0.39, 0.29) is 22.9 Å². The first-order valence-corrected chi connectivity index (χ1v) is 11.1. The Morgan fingerprint density at radius 2 is 1.89 bits per heavy atom. The van der Waals surface area contributed by atoms with Crippen molar-refractivity contribution in [2.24, 2.45) is 0 Å². The van der Waals surface area contributed by atoms with E-state index < -0.39 is 22.1 Å². The van der Waals surface area contributed by atoms with Crippen LogP contribution in [0.5, 0.6) is 0 Å². The molecule has 7 nitrogen and oxygen atoms in total. The fraction of sp³-hybridized carbons (Fsp3) is 0.500. The van der Waals surface area contributed by atoms with Crippen molar-refractivity contribution in [2.75, 3.05) is 13.1 Å². The Morgan fingerprint density at radius 1 is 1.18 bits per heavy atom. The average Bonchev–Trinajstić information content (AvgIpc) is 2.68. The zero-order chi connectivity index (χ0) is 20.6. The normalized spacial score (nSPS) is 15.4. The van der Waals surface area contributed by atoms with E-state index in [1.807, 2.05) is 0 Å². The van der Waals surface area contributed by atoms with Crippen molar-refractivity contribution in [3.63, 3.8) is 0 Å². The topological polar surface area (TPSA) is 102 Å². The second kappa shape index (κ2) is 10.4. The van der Waals surface area contributed by atoms with Gasteiger partial charge in [-0.2, -0.15) is 0 Å². The van der Waals surface area contributed by atoms with Crippen molar-refractivity contribution < 1.29 is 22.7 Å². The van der Waals surface area contributed by atoms with Crippen LogP contribution in [-0.2, 0) is 19.6 Å². The van der Waals surface area contributed by atoms with E-state index in [0.717, 1.165) is 19.3 Å². The molecule has 0 saturated carbocycles. The maximum Gasteiger partial charge on any atom is 0.338 e. The lowest BCUT2D eigenvalue weighted by Gasteiger charge is -2.15. The number of esters is 1. The molecule has 0 aromatic heterocycles. The van der Waals surface area contributed by atoms with Gasteiger partial charge in [-0.3, -0.25) is 4.79 Å². The lowest BCUT2D eigenvalue weighted by molar-refractivity contribution is -0.129. The number of allylic oxidation sites excluding steroid dienone is 1. The standard InChI is InChI=1S/C20H28N2O5S/c1-3-22-28(25,26)18-11-9-17(10-12-18)20(24)27-15(2)19(23)21-14-13-16-7-5-4-6-8-16/h7,9-12,15,22H,3-6,8,13-14H2,1-2H3,(H,21,23)/t15-/m0/s1. The SMILES string of the molecule is CCNS(=O)(=O)c1ccc(C(=O)O[C@@H](C)C(=O)NCCC2=CCCCC2)cc1. The first kappa shape index (κ1) is 22.1. The monoisotopic (exact) mass is 408 g/mol. The number of carbonyl (C=O) groups excluding carboxylic acids is 2. The van der Waals surface area contributed by atoms with Crippen LogP contribution in [-0.4, -0.2) is 39.5 Å². The van der Waals surface area contributed by atoms with Gasteiger partial charge in [0.25, 0.3) is 5.91 Å². The molecule has 0 spiro atoms. The van der Waals surface area contributed by atoms with Crippen LogP contribution in [0.25, 0.3) is 0 Å². The minimum atomic E-state index is -3.58. The average molecular weight is 409 g/mol. The van der Waals surface area contributed by atoms with Crippen LogP contribution in [0.4, 0.5) is 0 Å². The van der Waals surface area contributed by atoms with E-state index >= 15 is 0 Å². The maximum atomic E-state index is 12.2. The molecule has 0 unspecified atom stereocenters. The second-order valence-corrected chi connectivity index (χ2v) is 8.49. The Bertz CT molecular complexity index is 816.